The highest BCUT2D eigenvalue weighted by molar-refractivity contribution is 6.00. The lowest BCUT2D eigenvalue weighted by molar-refractivity contribution is -0.164. The molecule has 0 spiro atoms. The lowest BCUT2D eigenvalue weighted by Crippen LogP contribution is -2.61. The Morgan fingerprint density at radius 1 is 0.953 bits per heavy atom. The molecule has 0 radical (unpaired) electrons. The maximum absolute atomic E-state index is 13.3. The average Bonchev–Trinajstić information content (AvgIpc) is 3.14. The summed E-state index contributed by atoms with van der Waals surface area (Å²) >= 11 is 0. The summed E-state index contributed by atoms with van der Waals surface area (Å²) in [5, 5.41) is 2.30. The Morgan fingerprint density at radius 2 is 1.63 bits per heavy atom. The predicted octanol–water partition coefficient (Wildman–Crippen LogP) is 2.04. The van der Waals surface area contributed by atoms with Crippen LogP contribution in [0.5, 0.6) is 0 Å². The van der Waals surface area contributed by atoms with Crippen LogP contribution in [0.25, 0.3) is 11.0 Å². The van der Waals surface area contributed by atoms with Crippen LogP contribution in [0.15, 0.2) is 23.0 Å². The van der Waals surface area contributed by atoms with E-state index in [1.807, 2.05) is 6.07 Å². The fraction of sp³-hybridized carbons (Fsp3) is 0.600. The minimum Gasteiger partial charge on any atom is -0.458 e. The number of benzene rings is 1. The van der Waals surface area contributed by atoms with Crippen LogP contribution >= 0.6 is 0 Å². The van der Waals surface area contributed by atoms with Gasteiger partial charge in [-0.2, -0.15) is 0 Å². The zero-order valence-corrected chi connectivity index (χ0v) is 25.9. The number of piperazine rings is 1. The molecule has 1 aromatic carbocycles. The van der Waals surface area contributed by atoms with Gasteiger partial charge in [0.25, 0.3) is 0 Å². The van der Waals surface area contributed by atoms with Crippen molar-refractivity contribution in [1.82, 2.24) is 24.3 Å². The Morgan fingerprint density at radius 3 is 2.26 bits per heavy atom. The number of hydrogen-bond acceptors (Lipinski definition) is 8. The molecule has 0 bridgehead atoms. The molecule has 4 rings (SSSR count). The third kappa shape index (κ3) is 7.26. The van der Waals surface area contributed by atoms with E-state index in [1.54, 1.807) is 65.6 Å². The van der Waals surface area contributed by atoms with E-state index >= 15 is 0 Å². The summed E-state index contributed by atoms with van der Waals surface area (Å²) in [4.78, 5) is 79.3. The van der Waals surface area contributed by atoms with Crippen molar-refractivity contribution < 1.29 is 33.4 Å². The van der Waals surface area contributed by atoms with E-state index in [4.69, 9.17) is 9.47 Å². The Bertz CT molecular complexity index is 1510. The van der Waals surface area contributed by atoms with Gasteiger partial charge in [-0.15, -0.1) is 0 Å². The van der Waals surface area contributed by atoms with Crippen LogP contribution in [0, 0.1) is 0 Å². The number of imide groups is 1. The maximum atomic E-state index is 13.3. The van der Waals surface area contributed by atoms with E-state index in [9.17, 15) is 28.8 Å². The van der Waals surface area contributed by atoms with Crippen LogP contribution in [0.1, 0.15) is 72.4 Å². The second kappa shape index (κ2) is 11.8. The summed E-state index contributed by atoms with van der Waals surface area (Å²) in [7, 11) is 1.61. The van der Waals surface area contributed by atoms with Crippen LogP contribution in [-0.4, -0.2) is 85.6 Å². The molecule has 2 fully saturated rings. The number of amides is 4. The number of fused-ring (bicyclic) bond motifs is 1. The van der Waals surface area contributed by atoms with E-state index in [1.165, 1.54) is 14.0 Å². The summed E-state index contributed by atoms with van der Waals surface area (Å²) in [6.45, 7) is 10.8. The van der Waals surface area contributed by atoms with Gasteiger partial charge >= 0.3 is 17.8 Å². The molecule has 2 atom stereocenters. The topological polar surface area (TPSA) is 149 Å². The Hall–Kier alpha value is -4.16. The summed E-state index contributed by atoms with van der Waals surface area (Å²) in [6.07, 6.45) is 0.265. The van der Waals surface area contributed by atoms with Gasteiger partial charge in [-0.25, -0.2) is 14.4 Å². The summed E-state index contributed by atoms with van der Waals surface area (Å²) in [6, 6.07) is 3.58. The van der Waals surface area contributed by atoms with Crippen molar-refractivity contribution in [2.75, 3.05) is 19.6 Å². The standard InChI is InChI=1S/C30H41N5O8/c1-29(2,3)42-26(39)22-17-33(14-15-34(22)28(41)43-30(4,5)6)24(37)13-9-18-8-10-19-21(16-18)32(7)27(40)35(19)20-11-12-23(36)31-25(20)38/h8,10,16,20,22H,9,11-15,17H2,1-7H3,(H,31,36,38)/t20?,22-/m0/s1. The monoisotopic (exact) mass is 599 g/mol. The molecular weight excluding hydrogens is 558 g/mol. The van der Waals surface area contributed by atoms with Crippen molar-refractivity contribution in [1.29, 1.82) is 0 Å². The van der Waals surface area contributed by atoms with E-state index in [-0.39, 0.29) is 56.4 Å². The Labute approximate surface area is 250 Å². The van der Waals surface area contributed by atoms with Gasteiger partial charge < -0.3 is 14.4 Å². The van der Waals surface area contributed by atoms with Gasteiger partial charge in [0.15, 0.2) is 6.04 Å². The molecule has 1 unspecified atom stereocenters. The number of nitrogens with zero attached hydrogens (tertiary/aromatic N) is 4. The van der Waals surface area contributed by atoms with Crippen LogP contribution in [0.2, 0.25) is 0 Å². The number of hydrogen-bond donors (Lipinski definition) is 1. The SMILES string of the molecule is Cn1c(=O)n(C2CCC(=O)NC2=O)c2ccc(CCC(=O)N3CCN(C(=O)OC(C)(C)C)[C@H](C(=O)OC(C)(C)C)C3)cc21. The number of ether oxygens (including phenoxy) is 2. The Kier molecular flexibility index (Phi) is 8.75. The first kappa shape index (κ1) is 31.8. The minimum atomic E-state index is -1.01. The number of aryl methyl sites for hydroxylation is 2. The molecule has 3 heterocycles. The molecule has 43 heavy (non-hydrogen) atoms. The molecule has 4 amide bonds. The normalized spacial score (nSPS) is 19.8. The fourth-order valence-corrected chi connectivity index (χ4v) is 5.32. The lowest BCUT2D eigenvalue weighted by atomic mass is 10.0. The average molecular weight is 600 g/mol. The quantitative estimate of drug-likeness (QED) is 0.405. The van der Waals surface area contributed by atoms with Crippen molar-refractivity contribution in [2.24, 2.45) is 7.05 Å². The molecule has 2 saturated heterocycles. The van der Waals surface area contributed by atoms with Gasteiger partial charge in [-0.1, -0.05) is 6.07 Å². The number of nitrogens with one attached hydrogen (secondary N) is 1. The van der Waals surface area contributed by atoms with Crippen LogP contribution in [-0.2, 0) is 42.1 Å². The van der Waals surface area contributed by atoms with Crippen LogP contribution in [0.3, 0.4) is 0 Å². The van der Waals surface area contributed by atoms with Gasteiger partial charge in [-0.05, 0) is 72.1 Å². The fourth-order valence-electron chi connectivity index (χ4n) is 5.32. The molecule has 1 aromatic heterocycles. The number of esters is 1. The van der Waals surface area contributed by atoms with Gasteiger partial charge in [0.1, 0.15) is 17.2 Å². The van der Waals surface area contributed by atoms with E-state index < -0.39 is 41.3 Å². The molecule has 1 N–H and O–H groups in total. The minimum absolute atomic E-state index is 0.0185. The van der Waals surface area contributed by atoms with Crippen molar-refractivity contribution in [3.05, 3.63) is 34.2 Å². The molecule has 13 heteroatoms. The van der Waals surface area contributed by atoms with E-state index in [0.29, 0.717) is 17.5 Å². The van der Waals surface area contributed by atoms with Crippen molar-refractivity contribution in [3.8, 4) is 0 Å². The first-order valence-electron chi connectivity index (χ1n) is 14.5. The summed E-state index contributed by atoms with van der Waals surface area (Å²) in [5.41, 5.74) is 0.0855. The highest BCUT2D eigenvalue weighted by Gasteiger charge is 2.41. The number of imidazole rings is 1. The second-order valence-corrected chi connectivity index (χ2v) is 13.1. The zero-order valence-electron chi connectivity index (χ0n) is 25.9. The first-order valence-corrected chi connectivity index (χ1v) is 14.5. The zero-order chi connectivity index (χ0) is 31.9. The molecule has 234 valence electrons. The van der Waals surface area contributed by atoms with E-state index in [0.717, 1.165) is 5.56 Å². The maximum Gasteiger partial charge on any atom is 0.411 e. The predicted molar refractivity (Wildman–Crippen MR) is 156 cm³/mol. The molecule has 2 aliphatic heterocycles. The molecule has 0 saturated carbocycles. The van der Waals surface area contributed by atoms with Crippen molar-refractivity contribution >= 4 is 40.8 Å². The van der Waals surface area contributed by atoms with Gasteiger partial charge in [-0.3, -0.25) is 33.7 Å². The van der Waals surface area contributed by atoms with Crippen molar-refractivity contribution in [2.45, 2.75) is 90.5 Å². The number of rotatable bonds is 5. The largest absolute Gasteiger partial charge is 0.458 e. The molecular formula is C30H41N5O8. The van der Waals surface area contributed by atoms with Crippen molar-refractivity contribution in [3.63, 3.8) is 0 Å². The first-order chi connectivity index (χ1) is 19.9. The van der Waals surface area contributed by atoms with Gasteiger partial charge in [0.05, 0.1) is 17.6 Å². The van der Waals surface area contributed by atoms with Gasteiger partial charge in [0, 0.05) is 33.0 Å². The van der Waals surface area contributed by atoms with Crippen LogP contribution < -0.4 is 11.0 Å². The third-order valence-electron chi connectivity index (χ3n) is 7.34. The molecule has 2 aliphatic rings. The summed E-state index contributed by atoms with van der Waals surface area (Å²) < 4.78 is 13.9. The number of aromatic nitrogens is 2. The number of carbonyl (C=O) groups excluding carboxylic acids is 5. The highest BCUT2D eigenvalue weighted by Crippen LogP contribution is 2.25. The molecule has 13 nitrogen and oxygen atoms in total. The Balaban J connectivity index is 1.47. The van der Waals surface area contributed by atoms with E-state index in [2.05, 4.69) is 5.32 Å². The second-order valence-electron chi connectivity index (χ2n) is 13.1. The number of piperidine rings is 1. The highest BCUT2D eigenvalue weighted by atomic mass is 16.6. The smallest absolute Gasteiger partial charge is 0.411 e. The summed E-state index contributed by atoms with van der Waals surface area (Å²) in [5.74, 6) is -1.66. The van der Waals surface area contributed by atoms with Crippen LogP contribution in [0.4, 0.5) is 4.79 Å². The number of carbonyl (C=O) groups is 5. The van der Waals surface area contributed by atoms with Gasteiger partial charge in [0.2, 0.25) is 17.7 Å². The third-order valence-corrected chi connectivity index (χ3v) is 7.34. The molecule has 2 aromatic rings. The lowest BCUT2D eigenvalue weighted by Gasteiger charge is -2.41. The molecule has 0 aliphatic carbocycles.